The molecule has 0 aliphatic rings. The summed E-state index contributed by atoms with van der Waals surface area (Å²) < 4.78 is 4.95. The van der Waals surface area contributed by atoms with Crippen molar-refractivity contribution < 1.29 is 40.2 Å². The van der Waals surface area contributed by atoms with Gasteiger partial charge in [-0.15, -0.1) is 11.6 Å². The van der Waals surface area contributed by atoms with E-state index in [1.54, 1.807) is 0 Å². The van der Waals surface area contributed by atoms with Crippen LogP contribution >= 0.6 is 11.6 Å². The van der Waals surface area contributed by atoms with Gasteiger partial charge >= 0.3 is 35.5 Å². The summed E-state index contributed by atoms with van der Waals surface area (Å²) in [6, 6.07) is 0. The Morgan fingerprint density at radius 2 is 2.00 bits per heavy atom. The maximum absolute atomic E-state index is 10.5. The molecule has 10 heavy (non-hydrogen) atoms. The predicted octanol–water partition coefficient (Wildman–Crippen LogP) is -1.28. The van der Waals surface area contributed by atoms with Crippen LogP contribution < -0.4 is 29.6 Å². The standard InChI is InChI=1S/C5H11ClO2Si.Na.H/c1-9(2,3)8-5(7)4-6;;/h4H2,1-3H3;;/q;+1;-1. The van der Waals surface area contributed by atoms with Gasteiger partial charge in [-0.05, 0) is 19.6 Å². The third-order valence-corrected chi connectivity index (χ3v) is 1.59. The Labute approximate surface area is 91.2 Å². The van der Waals surface area contributed by atoms with Gasteiger partial charge in [-0.1, -0.05) is 0 Å². The number of rotatable bonds is 2. The van der Waals surface area contributed by atoms with Crippen LogP contribution in [0.15, 0.2) is 0 Å². The molecule has 0 atom stereocenters. The van der Waals surface area contributed by atoms with E-state index in [0.717, 1.165) is 0 Å². The van der Waals surface area contributed by atoms with Gasteiger partial charge < -0.3 is 5.85 Å². The number of carbonyl (C=O) groups excluding carboxylic acids is 1. The van der Waals surface area contributed by atoms with E-state index in [1.165, 1.54) is 0 Å². The van der Waals surface area contributed by atoms with Gasteiger partial charge in [0.15, 0.2) is 0 Å². The smallest absolute Gasteiger partial charge is 1.00 e. The monoisotopic (exact) mass is 190 g/mol. The quantitative estimate of drug-likeness (QED) is 0.401. The van der Waals surface area contributed by atoms with Crippen LogP contribution in [-0.2, 0) is 9.22 Å². The first-order valence-corrected chi connectivity index (χ1v) is 6.68. The summed E-state index contributed by atoms with van der Waals surface area (Å²) in [7, 11) is -1.68. The van der Waals surface area contributed by atoms with E-state index in [-0.39, 0.29) is 42.8 Å². The summed E-state index contributed by atoms with van der Waals surface area (Å²) >= 11 is 5.21. The van der Waals surface area contributed by atoms with E-state index in [0.29, 0.717) is 0 Å². The van der Waals surface area contributed by atoms with Crippen molar-refractivity contribution in [2.24, 2.45) is 0 Å². The molecule has 0 spiro atoms. The Bertz CT molecular complexity index is 118. The molecule has 0 amide bonds. The Balaban J connectivity index is -0.000000320. The van der Waals surface area contributed by atoms with Crippen molar-refractivity contribution in [3.63, 3.8) is 0 Å². The first-order valence-electron chi connectivity index (χ1n) is 2.73. The molecule has 2 nitrogen and oxygen atoms in total. The zero-order valence-corrected chi connectivity index (χ0v) is 10.7. The van der Waals surface area contributed by atoms with Crippen molar-refractivity contribution in [3.05, 3.63) is 0 Å². The van der Waals surface area contributed by atoms with Crippen LogP contribution in [0.3, 0.4) is 0 Å². The topological polar surface area (TPSA) is 26.3 Å². The second-order valence-electron chi connectivity index (χ2n) is 2.72. The van der Waals surface area contributed by atoms with Gasteiger partial charge in [0.1, 0.15) is 5.88 Å². The maximum Gasteiger partial charge on any atom is 1.00 e. The molecule has 0 aliphatic heterocycles. The van der Waals surface area contributed by atoms with Crippen LogP contribution in [0.1, 0.15) is 1.43 Å². The average molecular weight is 191 g/mol. The molecule has 0 aromatic rings. The number of alkyl halides is 1. The second-order valence-corrected chi connectivity index (χ2v) is 7.42. The number of halogens is 1. The van der Waals surface area contributed by atoms with Gasteiger partial charge in [-0.25, -0.2) is 0 Å². The molecule has 0 saturated heterocycles. The molecule has 0 aliphatic carbocycles. The summed E-state index contributed by atoms with van der Waals surface area (Å²) in [5.41, 5.74) is 0. The third-order valence-electron chi connectivity index (χ3n) is 0.529. The van der Waals surface area contributed by atoms with Crippen molar-refractivity contribution in [2.75, 3.05) is 5.88 Å². The Kier molecular flexibility index (Phi) is 7.60. The van der Waals surface area contributed by atoms with Crippen LogP contribution in [0.2, 0.25) is 19.6 Å². The van der Waals surface area contributed by atoms with E-state index in [9.17, 15) is 4.79 Å². The fraction of sp³-hybridized carbons (Fsp3) is 0.800. The summed E-state index contributed by atoms with van der Waals surface area (Å²) in [6.45, 7) is 5.83. The van der Waals surface area contributed by atoms with E-state index in [1.807, 2.05) is 19.6 Å². The average Bonchev–Trinajstić information content (AvgIpc) is 1.62. The fourth-order valence-electron chi connectivity index (χ4n) is 0.369. The van der Waals surface area contributed by atoms with E-state index >= 15 is 0 Å². The Morgan fingerprint density at radius 3 is 2.10 bits per heavy atom. The Hall–Kier alpha value is 0.977. The molecule has 0 heterocycles. The molecule has 0 bridgehead atoms. The SMILES string of the molecule is C[Si](C)(C)OC(=O)CCl.[H-].[Na+]. The van der Waals surface area contributed by atoms with E-state index in [2.05, 4.69) is 0 Å². The molecule has 5 heteroatoms. The molecule has 0 aromatic carbocycles. The second kappa shape index (κ2) is 5.60. The minimum absolute atomic E-state index is 0. The normalized spacial score (nSPS) is 10.0. The van der Waals surface area contributed by atoms with Crippen molar-refractivity contribution in [2.45, 2.75) is 19.6 Å². The van der Waals surface area contributed by atoms with Crippen molar-refractivity contribution >= 4 is 25.9 Å². The van der Waals surface area contributed by atoms with Gasteiger partial charge in [0.2, 0.25) is 8.32 Å². The molecule has 0 rings (SSSR count). The summed E-state index contributed by atoms with van der Waals surface area (Å²) in [5, 5.41) is 0. The molecule has 56 valence electrons. The van der Waals surface area contributed by atoms with Crippen LogP contribution in [0.5, 0.6) is 0 Å². The van der Waals surface area contributed by atoms with Crippen LogP contribution in [0.25, 0.3) is 0 Å². The molecule has 0 unspecified atom stereocenters. The molecular weight excluding hydrogens is 179 g/mol. The van der Waals surface area contributed by atoms with Gasteiger partial charge in [-0.2, -0.15) is 0 Å². The van der Waals surface area contributed by atoms with E-state index < -0.39 is 8.32 Å². The minimum Gasteiger partial charge on any atom is -1.00 e. The maximum atomic E-state index is 10.5. The molecule has 0 N–H and O–H groups in total. The van der Waals surface area contributed by atoms with Crippen LogP contribution in [0.4, 0.5) is 0 Å². The van der Waals surface area contributed by atoms with Crippen molar-refractivity contribution in [1.29, 1.82) is 0 Å². The first-order chi connectivity index (χ1) is 3.95. The summed E-state index contributed by atoms with van der Waals surface area (Å²) in [4.78, 5) is 10.5. The van der Waals surface area contributed by atoms with Crippen LogP contribution in [0, 0.1) is 0 Å². The zero-order chi connectivity index (χ0) is 7.49. The Morgan fingerprint density at radius 1 is 1.60 bits per heavy atom. The fourth-order valence-corrected chi connectivity index (χ4v) is 1.27. The first kappa shape index (κ1) is 13.6. The number of hydrogen-bond donors (Lipinski definition) is 0. The number of carbonyl (C=O) groups is 1. The van der Waals surface area contributed by atoms with Gasteiger partial charge in [0, 0.05) is 0 Å². The molecule has 0 aromatic heterocycles. The van der Waals surface area contributed by atoms with E-state index in [4.69, 9.17) is 16.0 Å². The largest absolute Gasteiger partial charge is 1.00 e. The van der Waals surface area contributed by atoms with Crippen LogP contribution in [-0.4, -0.2) is 20.2 Å². The zero-order valence-electron chi connectivity index (χ0n) is 7.90. The summed E-state index contributed by atoms with van der Waals surface area (Å²) in [5.74, 6) is -0.347. The van der Waals surface area contributed by atoms with Gasteiger partial charge in [0.25, 0.3) is 0 Å². The predicted molar refractivity (Wildman–Crippen MR) is 41.3 cm³/mol. The third kappa shape index (κ3) is 8.98. The van der Waals surface area contributed by atoms with Crippen molar-refractivity contribution in [3.8, 4) is 0 Å². The minimum atomic E-state index is -1.68. The van der Waals surface area contributed by atoms with Crippen molar-refractivity contribution in [1.82, 2.24) is 0 Å². The molecule has 0 radical (unpaired) electrons. The van der Waals surface area contributed by atoms with Gasteiger partial charge in [-0.3, -0.25) is 4.79 Å². The molecular formula is C5H12ClNaO2Si. The molecule has 0 saturated carbocycles. The summed E-state index contributed by atoms with van der Waals surface area (Å²) in [6.07, 6.45) is 0. The van der Waals surface area contributed by atoms with Gasteiger partial charge in [0.05, 0.1) is 0 Å². The number of hydrogen-bond acceptors (Lipinski definition) is 2. The molecule has 0 fully saturated rings.